The Labute approximate surface area is 143 Å². The van der Waals surface area contributed by atoms with Crippen LogP contribution in [0.4, 0.5) is 0 Å². The Morgan fingerprint density at radius 2 is 1.76 bits per heavy atom. The summed E-state index contributed by atoms with van der Waals surface area (Å²) in [6.45, 7) is 3.23. The maximum Gasteiger partial charge on any atom is 0.183 e. The first-order chi connectivity index (χ1) is 10.0. The third-order valence-electron chi connectivity index (χ3n) is 6.28. The number of hydrogen-bond acceptors (Lipinski definition) is 2. The molecule has 4 fully saturated rings. The molecule has 0 radical (unpaired) electrons. The van der Waals surface area contributed by atoms with Crippen LogP contribution in [0.25, 0.3) is 0 Å². The molecule has 4 bridgehead atoms. The molecule has 4 saturated carbocycles. The van der Waals surface area contributed by atoms with Crippen LogP contribution in [-0.4, -0.2) is 6.04 Å². The Kier molecular flexibility index (Phi) is 3.78. The fourth-order valence-electron chi connectivity index (χ4n) is 5.66. The number of rotatable bonds is 4. The van der Waals surface area contributed by atoms with Gasteiger partial charge in [-0.3, -0.25) is 0 Å². The zero-order valence-electron chi connectivity index (χ0n) is 12.5. The van der Waals surface area contributed by atoms with Crippen LogP contribution in [0.5, 0.6) is 0 Å². The normalized spacial score (nSPS) is 38.9. The summed E-state index contributed by atoms with van der Waals surface area (Å²) in [5.74, 6) is 4.07. The van der Waals surface area contributed by atoms with Gasteiger partial charge in [0.1, 0.15) is 5.76 Å². The van der Waals surface area contributed by atoms with Gasteiger partial charge in [-0.2, -0.15) is 0 Å². The van der Waals surface area contributed by atoms with Crippen molar-refractivity contribution in [2.24, 2.45) is 23.2 Å². The fourth-order valence-corrected chi connectivity index (χ4v) is 6.32. The lowest BCUT2D eigenvalue weighted by molar-refractivity contribution is -0.0708. The molecular formula is C17H23Br2NO. The molecule has 1 N–H and O–H groups in total. The zero-order valence-corrected chi connectivity index (χ0v) is 15.7. The average molecular weight is 417 g/mol. The minimum Gasteiger partial charge on any atom is -0.452 e. The van der Waals surface area contributed by atoms with E-state index in [1.807, 2.05) is 0 Å². The number of nitrogens with one attached hydrogen (secondary N) is 1. The van der Waals surface area contributed by atoms with Gasteiger partial charge in [0, 0.05) is 6.04 Å². The van der Waals surface area contributed by atoms with Crippen molar-refractivity contribution in [2.45, 2.75) is 58.0 Å². The summed E-state index contributed by atoms with van der Waals surface area (Å²) in [6, 6.07) is 2.65. The summed E-state index contributed by atoms with van der Waals surface area (Å²) >= 11 is 6.90. The molecule has 1 atom stereocenters. The molecule has 1 aromatic heterocycles. The second kappa shape index (κ2) is 5.38. The molecule has 21 heavy (non-hydrogen) atoms. The largest absolute Gasteiger partial charge is 0.452 e. The van der Waals surface area contributed by atoms with Crippen LogP contribution in [0.1, 0.15) is 51.2 Å². The smallest absolute Gasteiger partial charge is 0.183 e. The molecule has 5 rings (SSSR count). The molecule has 0 amide bonds. The van der Waals surface area contributed by atoms with Gasteiger partial charge in [-0.15, -0.1) is 0 Å². The van der Waals surface area contributed by atoms with Gasteiger partial charge in [0.05, 0.1) is 11.0 Å². The van der Waals surface area contributed by atoms with E-state index in [4.69, 9.17) is 4.42 Å². The van der Waals surface area contributed by atoms with Gasteiger partial charge in [0.25, 0.3) is 0 Å². The lowest BCUT2D eigenvalue weighted by Gasteiger charge is -2.59. The quantitative estimate of drug-likeness (QED) is 0.700. The van der Waals surface area contributed by atoms with Crippen LogP contribution in [-0.2, 0) is 6.54 Å². The molecule has 116 valence electrons. The monoisotopic (exact) mass is 415 g/mol. The summed E-state index contributed by atoms with van der Waals surface area (Å²) < 4.78 is 7.49. The molecule has 4 aliphatic carbocycles. The van der Waals surface area contributed by atoms with Crippen LogP contribution in [0, 0.1) is 23.2 Å². The molecule has 1 heterocycles. The third-order valence-corrected chi connectivity index (χ3v) is 7.99. The number of hydrogen-bond donors (Lipinski definition) is 1. The van der Waals surface area contributed by atoms with Crippen molar-refractivity contribution in [1.29, 1.82) is 0 Å². The summed E-state index contributed by atoms with van der Waals surface area (Å²) in [4.78, 5) is 0. The van der Waals surface area contributed by atoms with Crippen LogP contribution in [0.3, 0.4) is 0 Å². The number of furan rings is 1. The lowest BCUT2D eigenvalue weighted by atomic mass is 9.48. The fraction of sp³-hybridized carbons (Fsp3) is 0.765. The highest BCUT2D eigenvalue weighted by Gasteiger charge is 2.52. The second-order valence-electron chi connectivity index (χ2n) is 7.72. The lowest BCUT2D eigenvalue weighted by Crippen LogP contribution is -2.54. The molecule has 1 aromatic rings. The summed E-state index contributed by atoms with van der Waals surface area (Å²) in [5, 5.41) is 3.76. The Hall–Kier alpha value is 0.200. The van der Waals surface area contributed by atoms with Gasteiger partial charge >= 0.3 is 0 Å². The highest BCUT2D eigenvalue weighted by molar-refractivity contribution is 9.13. The van der Waals surface area contributed by atoms with Crippen molar-refractivity contribution in [3.63, 3.8) is 0 Å². The molecule has 2 nitrogen and oxygen atoms in total. The van der Waals surface area contributed by atoms with Crippen molar-refractivity contribution in [2.75, 3.05) is 0 Å². The van der Waals surface area contributed by atoms with Crippen LogP contribution in [0.15, 0.2) is 19.6 Å². The molecule has 4 aliphatic rings. The van der Waals surface area contributed by atoms with Gasteiger partial charge in [0.2, 0.25) is 0 Å². The van der Waals surface area contributed by atoms with E-state index in [2.05, 4.69) is 50.2 Å². The Bertz CT molecular complexity index is 484. The molecule has 0 saturated heterocycles. The van der Waals surface area contributed by atoms with Crippen molar-refractivity contribution >= 4 is 31.9 Å². The first-order valence-electron chi connectivity index (χ1n) is 8.21. The van der Waals surface area contributed by atoms with E-state index in [1.54, 1.807) is 0 Å². The topological polar surface area (TPSA) is 25.2 Å². The molecular weight excluding hydrogens is 394 g/mol. The maximum atomic E-state index is 5.69. The summed E-state index contributed by atoms with van der Waals surface area (Å²) in [5.41, 5.74) is 0.565. The predicted molar refractivity (Wildman–Crippen MR) is 91.0 cm³/mol. The van der Waals surface area contributed by atoms with Crippen molar-refractivity contribution in [1.82, 2.24) is 5.32 Å². The summed E-state index contributed by atoms with van der Waals surface area (Å²) in [6.07, 6.45) is 8.92. The zero-order chi connectivity index (χ0) is 14.6. The van der Waals surface area contributed by atoms with Crippen LogP contribution >= 0.6 is 31.9 Å². The minimum absolute atomic E-state index is 0.565. The van der Waals surface area contributed by atoms with Crippen molar-refractivity contribution < 1.29 is 4.42 Å². The van der Waals surface area contributed by atoms with E-state index in [-0.39, 0.29) is 0 Å². The van der Waals surface area contributed by atoms with Gasteiger partial charge in [-0.05, 0) is 107 Å². The highest BCUT2D eigenvalue weighted by atomic mass is 79.9. The van der Waals surface area contributed by atoms with Gasteiger partial charge in [-0.1, -0.05) is 0 Å². The average Bonchev–Trinajstić information content (AvgIpc) is 2.73. The maximum absolute atomic E-state index is 5.69. The molecule has 4 heteroatoms. The van der Waals surface area contributed by atoms with Crippen LogP contribution in [0.2, 0.25) is 0 Å². The standard InChI is InChI=1S/C17H23Br2NO/c1-10(20-9-14-5-15(18)16(19)21-14)17-6-11-2-12(7-17)4-13(3-11)8-17/h5,10-13,20H,2-4,6-9H2,1H3. The van der Waals surface area contributed by atoms with Gasteiger partial charge in [0.15, 0.2) is 4.67 Å². The van der Waals surface area contributed by atoms with Crippen LogP contribution < -0.4 is 5.32 Å². The predicted octanol–water partition coefficient (Wildman–Crippen LogP) is 5.50. The van der Waals surface area contributed by atoms with Crippen molar-refractivity contribution in [3.8, 4) is 0 Å². The molecule has 0 aromatic carbocycles. The SMILES string of the molecule is CC(NCc1cc(Br)c(Br)o1)C12CC3CC(CC(C3)C1)C2. The number of halogens is 2. The van der Waals surface area contributed by atoms with Crippen molar-refractivity contribution in [3.05, 3.63) is 21.0 Å². The molecule has 0 aliphatic heterocycles. The molecule has 0 spiro atoms. The van der Waals surface area contributed by atoms with E-state index < -0.39 is 0 Å². The third kappa shape index (κ3) is 2.66. The van der Waals surface area contributed by atoms with Gasteiger partial charge in [-0.25, -0.2) is 0 Å². The first kappa shape index (κ1) is 14.8. The highest BCUT2D eigenvalue weighted by Crippen LogP contribution is 2.61. The minimum atomic E-state index is 0.565. The van der Waals surface area contributed by atoms with E-state index in [9.17, 15) is 0 Å². The first-order valence-corrected chi connectivity index (χ1v) is 9.80. The van der Waals surface area contributed by atoms with E-state index in [0.29, 0.717) is 11.5 Å². The Morgan fingerprint density at radius 1 is 1.19 bits per heavy atom. The Morgan fingerprint density at radius 3 is 2.24 bits per heavy atom. The van der Waals surface area contributed by atoms with Gasteiger partial charge < -0.3 is 9.73 Å². The molecule has 1 unspecified atom stereocenters. The van der Waals surface area contributed by atoms with E-state index in [0.717, 1.165) is 39.2 Å². The Balaban J connectivity index is 1.44. The van der Waals surface area contributed by atoms with E-state index in [1.165, 1.54) is 38.5 Å². The van der Waals surface area contributed by atoms with E-state index >= 15 is 0 Å². The summed E-state index contributed by atoms with van der Waals surface area (Å²) in [7, 11) is 0. The second-order valence-corrected chi connectivity index (χ2v) is 9.29.